The van der Waals surface area contributed by atoms with Crippen molar-refractivity contribution in [1.82, 2.24) is 20.0 Å². The standard InChI is InChI=1S/C20H18ClFN4O3S/c1-13-3-2-4-15(26-13)12-24-20(27)19-8-5-14(10-23-19)11-25-30(28,29)16-6-7-18(22)17(21)9-16/h2-10,25H,11-12H2,1H3,(H,24,27). The second-order valence-electron chi connectivity index (χ2n) is 6.41. The topological polar surface area (TPSA) is 101 Å². The average molecular weight is 449 g/mol. The predicted octanol–water partition coefficient (Wildman–Crippen LogP) is 2.99. The van der Waals surface area contributed by atoms with E-state index < -0.39 is 15.8 Å². The van der Waals surface area contributed by atoms with Crippen LogP contribution in [0.25, 0.3) is 0 Å². The second kappa shape index (κ2) is 9.29. The van der Waals surface area contributed by atoms with Crippen LogP contribution in [0.2, 0.25) is 5.02 Å². The van der Waals surface area contributed by atoms with Gasteiger partial charge < -0.3 is 5.32 Å². The van der Waals surface area contributed by atoms with Gasteiger partial charge in [0.25, 0.3) is 5.91 Å². The van der Waals surface area contributed by atoms with Crippen molar-refractivity contribution in [3.63, 3.8) is 0 Å². The molecule has 0 bridgehead atoms. The van der Waals surface area contributed by atoms with Crippen LogP contribution in [0.1, 0.15) is 27.4 Å². The quantitative estimate of drug-likeness (QED) is 0.578. The maximum Gasteiger partial charge on any atom is 0.270 e. The van der Waals surface area contributed by atoms with Crippen molar-refractivity contribution in [2.24, 2.45) is 0 Å². The number of rotatable bonds is 7. The van der Waals surface area contributed by atoms with Crippen LogP contribution in [0, 0.1) is 12.7 Å². The molecular weight excluding hydrogens is 431 g/mol. The van der Waals surface area contributed by atoms with Crippen molar-refractivity contribution < 1.29 is 17.6 Å². The van der Waals surface area contributed by atoms with E-state index in [0.29, 0.717) is 5.56 Å². The molecule has 0 saturated heterocycles. The molecule has 0 atom stereocenters. The van der Waals surface area contributed by atoms with Crippen LogP contribution < -0.4 is 10.0 Å². The Bertz CT molecular complexity index is 1170. The predicted molar refractivity (Wildman–Crippen MR) is 110 cm³/mol. The lowest BCUT2D eigenvalue weighted by molar-refractivity contribution is 0.0945. The van der Waals surface area contributed by atoms with Crippen LogP contribution in [0.4, 0.5) is 4.39 Å². The molecule has 0 unspecified atom stereocenters. The minimum absolute atomic E-state index is 0.0561. The molecule has 0 aliphatic heterocycles. The minimum atomic E-state index is -3.88. The van der Waals surface area contributed by atoms with E-state index in [2.05, 4.69) is 20.0 Å². The zero-order valence-electron chi connectivity index (χ0n) is 15.9. The van der Waals surface area contributed by atoms with Crippen LogP contribution in [-0.4, -0.2) is 24.3 Å². The Balaban J connectivity index is 1.58. The van der Waals surface area contributed by atoms with Gasteiger partial charge in [-0.15, -0.1) is 0 Å². The molecule has 1 amide bonds. The highest BCUT2D eigenvalue weighted by Crippen LogP contribution is 2.19. The maximum absolute atomic E-state index is 13.2. The normalized spacial score (nSPS) is 11.3. The van der Waals surface area contributed by atoms with Gasteiger partial charge >= 0.3 is 0 Å². The molecule has 1 aromatic carbocycles. The van der Waals surface area contributed by atoms with Gasteiger partial charge in [-0.1, -0.05) is 23.7 Å². The number of sulfonamides is 1. The summed E-state index contributed by atoms with van der Waals surface area (Å²) in [6.07, 6.45) is 1.40. The Labute approximate surface area is 178 Å². The number of nitrogens with one attached hydrogen (secondary N) is 2. The van der Waals surface area contributed by atoms with Gasteiger partial charge in [0.1, 0.15) is 11.5 Å². The van der Waals surface area contributed by atoms with Crippen LogP contribution in [0.3, 0.4) is 0 Å². The number of nitrogens with zero attached hydrogens (tertiary/aromatic N) is 2. The number of carbonyl (C=O) groups is 1. The zero-order valence-corrected chi connectivity index (χ0v) is 17.5. The number of hydrogen-bond donors (Lipinski definition) is 2. The van der Waals surface area contributed by atoms with Crippen molar-refractivity contribution >= 4 is 27.5 Å². The third kappa shape index (κ3) is 5.59. The molecule has 2 heterocycles. The summed E-state index contributed by atoms with van der Waals surface area (Å²) in [5.74, 6) is -1.07. The second-order valence-corrected chi connectivity index (χ2v) is 8.58. The third-order valence-corrected chi connectivity index (χ3v) is 5.79. The molecule has 0 fully saturated rings. The molecule has 10 heteroatoms. The van der Waals surface area contributed by atoms with E-state index in [9.17, 15) is 17.6 Å². The van der Waals surface area contributed by atoms with E-state index >= 15 is 0 Å². The first-order valence-corrected chi connectivity index (χ1v) is 10.7. The van der Waals surface area contributed by atoms with Crippen molar-refractivity contribution in [3.8, 4) is 0 Å². The molecule has 0 aliphatic rings. The highest BCUT2D eigenvalue weighted by molar-refractivity contribution is 7.89. The van der Waals surface area contributed by atoms with Gasteiger partial charge in [-0.25, -0.2) is 17.5 Å². The van der Waals surface area contributed by atoms with E-state index in [1.165, 1.54) is 12.3 Å². The summed E-state index contributed by atoms with van der Waals surface area (Å²) in [6.45, 7) is 2.08. The number of amides is 1. The fraction of sp³-hybridized carbons (Fsp3) is 0.150. The summed E-state index contributed by atoms with van der Waals surface area (Å²) < 4.78 is 40.2. The molecule has 0 radical (unpaired) electrons. The van der Waals surface area contributed by atoms with Crippen molar-refractivity contribution in [3.05, 3.63) is 88.2 Å². The summed E-state index contributed by atoms with van der Waals surface area (Å²) in [5, 5.41) is 2.45. The number of aromatic nitrogens is 2. The average Bonchev–Trinajstić information content (AvgIpc) is 2.73. The lowest BCUT2D eigenvalue weighted by Crippen LogP contribution is -2.25. The van der Waals surface area contributed by atoms with E-state index in [1.54, 1.807) is 6.07 Å². The summed E-state index contributed by atoms with van der Waals surface area (Å²) in [4.78, 5) is 20.4. The van der Waals surface area contributed by atoms with Gasteiger partial charge in [0, 0.05) is 18.4 Å². The van der Waals surface area contributed by atoms with Crippen molar-refractivity contribution in [2.45, 2.75) is 24.9 Å². The van der Waals surface area contributed by atoms with Gasteiger partial charge in [-0.05, 0) is 48.9 Å². The highest BCUT2D eigenvalue weighted by atomic mass is 35.5. The molecule has 2 N–H and O–H groups in total. The van der Waals surface area contributed by atoms with Crippen LogP contribution in [-0.2, 0) is 23.1 Å². The van der Waals surface area contributed by atoms with E-state index in [1.807, 2.05) is 25.1 Å². The van der Waals surface area contributed by atoms with E-state index in [-0.39, 0.29) is 34.6 Å². The van der Waals surface area contributed by atoms with Crippen LogP contribution >= 0.6 is 11.6 Å². The van der Waals surface area contributed by atoms with Gasteiger partial charge in [0.05, 0.1) is 22.2 Å². The van der Waals surface area contributed by atoms with Gasteiger partial charge in [0.15, 0.2) is 0 Å². The van der Waals surface area contributed by atoms with E-state index in [4.69, 9.17) is 11.6 Å². The molecule has 0 aliphatic carbocycles. The Hall–Kier alpha value is -2.88. The summed E-state index contributed by atoms with van der Waals surface area (Å²) in [5.41, 5.74) is 2.33. The molecule has 7 nitrogen and oxygen atoms in total. The first-order chi connectivity index (χ1) is 14.2. The molecule has 2 aromatic heterocycles. The molecule has 0 saturated carbocycles. The SMILES string of the molecule is Cc1cccc(CNC(=O)c2ccc(CNS(=O)(=O)c3ccc(F)c(Cl)c3)cn2)n1. The van der Waals surface area contributed by atoms with Gasteiger partial charge in [0.2, 0.25) is 10.0 Å². The molecule has 156 valence electrons. The zero-order chi connectivity index (χ0) is 21.7. The first kappa shape index (κ1) is 21.8. The molecule has 0 spiro atoms. The number of halogens is 2. The van der Waals surface area contributed by atoms with E-state index in [0.717, 1.165) is 29.6 Å². The molecule has 3 aromatic rings. The Morgan fingerprint density at radius 3 is 2.60 bits per heavy atom. The fourth-order valence-electron chi connectivity index (χ4n) is 2.53. The maximum atomic E-state index is 13.2. The number of hydrogen-bond acceptors (Lipinski definition) is 5. The Morgan fingerprint density at radius 1 is 1.13 bits per heavy atom. The summed E-state index contributed by atoms with van der Waals surface area (Å²) in [7, 11) is -3.88. The lowest BCUT2D eigenvalue weighted by atomic mass is 10.2. The summed E-state index contributed by atoms with van der Waals surface area (Å²) in [6, 6.07) is 11.8. The smallest absolute Gasteiger partial charge is 0.270 e. The van der Waals surface area contributed by atoms with Gasteiger partial charge in [-0.3, -0.25) is 14.8 Å². The molecule has 30 heavy (non-hydrogen) atoms. The Kier molecular flexibility index (Phi) is 6.76. The van der Waals surface area contributed by atoms with Crippen molar-refractivity contribution in [2.75, 3.05) is 0 Å². The number of pyridine rings is 2. The minimum Gasteiger partial charge on any atom is -0.345 e. The van der Waals surface area contributed by atoms with Crippen molar-refractivity contribution in [1.29, 1.82) is 0 Å². The van der Waals surface area contributed by atoms with Crippen LogP contribution in [0.5, 0.6) is 0 Å². The number of aryl methyl sites for hydroxylation is 1. The number of benzene rings is 1. The molecule has 3 rings (SSSR count). The number of carbonyl (C=O) groups excluding carboxylic acids is 1. The fourth-order valence-corrected chi connectivity index (χ4v) is 3.82. The lowest BCUT2D eigenvalue weighted by Gasteiger charge is -2.08. The largest absolute Gasteiger partial charge is 0.345 e. The Morgan fingerprint density at radius 2 is 1.93 bits per heavy atom. The third-order valence-electron chi connectivity index (χ3n) is 4.10. The first-order valence-electron chi connectivity index (χ1n) is 8.85. The monoisotopic (exact) mass is 448 g/mol. The highest BCUT2D eigenvalue weighted by Gasteiger charge is 2.16. The van der Waals surface area contributed by atoms with Gasteiger partial charge in [-0.2, -0.15) is 0 Å². The molecular formula is C20H18ClFN4O3S. The van der Waals surface area contributed by atoms with Crippen LogP contribution in [0.15, 0.2) is 59.6 Å². The summed E-state index contributed by atoms with van der Waals surface area (Å²) >= 11 is 5.64.